The number of hydrogen-bond acceptors (Lipinski definition) is 4. The summed E-state index contributed by atoms with van der Waals surface area (Å²) in [7, 11) is 1.73. The van der Waals surface area contributed by atoms with Crippen LogP contribution in [0.4, 0.5) is 0 Å². The zero-order valence-electron chi connectivity index (χ0n) is 13.9. The van der Waals surface area contributed by atoms with Crippen LogP contribution in [-0.2, 0) is 16.0 Å². The molecule has 1 aliphatic heterocycles. The van der Waals surface area contributed by atoms with Gasteiger partial charge in [0.05, 0.1) is 11.6 Å². The summed E-state index contributed by atoms with van der Waals surface area (Å²) in [5, 5.41) is 5.95. The first-order chi connectivity index (χ1) is 11.5. The highest BCUT2D eigenvalue weighted by atomic mass is 32.1. The monoisotopic (exact) mass is 343 g/mol. The topological polar surface area (TPSA) is 62.3 Å². The minimum atomic E-state index is -0.221. The SMILES string of the molecule is Cc1ccc(-c2nc(CCNC(=O)[C@H]3CC(=O)N(C)C3)cs2)cc1. The lowest BCUT2D eigenvalue weighted by molar-refractivity contribution is -0.128. The van der Waals surface area contributed by atoms with Gasteiger partial charge in [-0.2, -0.15) is 0 Å². The fourth-order valence-corrected chi connectivity index (χ4v) is 3.61. The fourth-order valence-electron chi connectivity index (χ4n) is 2.75. The maximum Gasteiger partial charge on any atom is 0.225 e. The van der Waals surface area contributed by atoms with Gasteiger partial charge in [-0.05, 0) is 6.92 Å². The van der Waals surface area contributed by atoms with Crippen molar-refractivity contribution < 1.29 is 9.59 Å². The van der Waals surface area contributed by atoms with Crippen LogP contribution in [0.2, 0.25) is 0 Å². The molecule has 1 aliphatic rings. The van der Waals surface area contributed by atoms with E-state index in [0.717, 1.165) is 16.3 Å². The lowest BCUT2D eigenvalue weighted by atomic mass is 10.1. The molecule has 0 saturated carbocycles. The molecule has 0 bridgehead atoms. The molecule has 1 N–H and O–H groups in total. The zero-order chi connectivity index (χ0) is 17.1. The highest BCUT2D eigenvalue weighted by Gasteiger charge is 2.31. The van der Waals surface area contributed by atoms with Crippen molar-refractivity contribution in [3.05, 3.63) is 40.9 Å². The van der Waals surface area contributed by atoms with Gasteiger partial charge >= 0.3 is 0 Å². The average Bonchev–Trinajstić information content (AvgIpc) is 3.16. The fraction of sp³-hybridized carbons (Fsp3) is 0.389. The molecule has 24 heavy (non-hydrogen) atoms. The second-order valence-corrected chi connectivity index (χ2v) is 7.08. The van der Waals surface area contributed by atoms with Gasteiger partial charge in [0.2, 0.25) is 11.8 Å². The summed E-state index contributed by atoms with van der Waals surface area (Å²) < 4.78 is 0. The number of carbonyl (C=O) groups excluding carboxylic acids is 2. The van der Waals surface area contributed by atoms with Gasteiger partial charge in [-0.15, -0.1) is 11.3 Å². The van der Waals surface area contributed by atoms with Crippen LogP contribution in [0.25, 0.3) is 10.6 Å². The first-order valence-corrected chi connectivity index (χ1v) is 8.94. The van der Waals surface area contributed by atoms with Gasteiger partial charge in [0.1, 0.15) is 5.01 Å². The van der Waals surface area contributed by atoms with E-state index in [1.165, 1.54) is 5.56 Å². The summed E-state index contributed by atoms with van der Waals surface area (Å²) >= 11 is 1.62. The second-order valence-electron chi connectivity index (χ2n) is 6.23. The summed E-state index contributed by atoms with van der Waals surface area (Å²) in [5.74, 6) is -0.222. The van der Waals surface area contributed by atoms with E-state index in [1.54, 1.807) is 23.3 Å². The van der Waals surface area contributed by atoms with Gasteiger partial charge in [0.15, 0.2) is 0 Å². The number of benzene rings is 1. The van der Waals surface area contributed by atoms with Crippen LogP contribution in [-0.4, -0.2) is 41.8 Å². The van der Waals surface area contributed by atoms with E-state index in [9.17, 15) is 9.59 Å². The molecule has 1 saturated heterocycles. The number of amides is 2. The predicted molar refractivity (Wildman–Crippen MR) is 94.7 cm³/mol. The van der Waals surface area contributed by atoms with Crippen molar-refractivity contribution in [2.45, 2.75) is 19.8 Å². The first kappa shape index (κ1) is 16.6. The molecule has 0 aliphatic carbocycles. The number of nitrogens with one attached hydrogen (secondary N) is 1. The molecule has 126 valence electrons. The van der Waals surface area contributed by atoms with E-state index in [1.807, 2.05) is 5.38 Å². The lowest BCUT2D eigenvalue weighted by Crippen LogP contribution is -2.33. The summed E-state index contributed by atoms with van der Waals surface area (Å²) in [5.41, 5.74) is 3.33. The van der Waals surface area contributed by atoms with Crippen LogP contribution in [0, 0.1) is 12.8 Å². The maximum atomic E-state index is 12.1. The summed E-state index contributed by atoms with van der Waals surface area (Å²) in [6.45, 7) is 3.12. The van der Waals surface area contributed by atoms with E-state index >= 15 is 0 Å². The molecule has 1 aromatic heterocycles. The van der Waals surface area contributed by atoms with Crippen LogP contribution in [0.5, 0.6) is 0 Å². The summed E-state index contributed by atoms with van der Waals surface area (Å²) in [6, 6.07) is 8.31. The Kier molecular flexibility index (Phi) is 4.94. The van der Waals surface area contributed by atoms with Crippen molar-refractivity contribution in [3.63, 3.8) is 0 Å². The molecule has 2 aromatic rings. The smallest absolute Gasteiger partial charge is 0.225 e. The zero-order valence-corrected chi connectivity index (χ0v) is 14.7. The number of carbonyl (C=O) groups is 2. The Bertz CT molecular complexity index is 739. The van der Waals surface area contributed by atoms with Gasteiger partial charge in [-0.25, -0.2) is 4.98 Å². The van der Waals surface area contributed by atoms with Crippen LogP contribution in [0.15, 0.2) is 29.6 Å². The minimum absolute atomic E-state index is 0.0393. The Morgan fingerprint density at radius 3 is 2.79 bits per heavy atom. The van der Waals surface area contributed by atoms with Crippen LogP contribution < -0.4 is 5.32 Å². The number of thiazole rings is 1. The molecule has 6 heteroatoms. The Labute approximate surface area is 145 Å². The maximum absolute atomic E-state index is 12.1. The first-order valence-electron chi connectivity index (χ1n) is 8.06. The van der Waals surface area contributed by atoms with Crippen molar-refractivity contribution in [1.82, 2.24) is 15.2 Å². The molecule has 0 radical (unpaired) electrons. The largest absolute Gasteiger partial charge is 0.355 e. The minimum Gasteiger partial charge on any atom is -0.355 e. The molecular formula is C18H21N3O2S. The molecule has 2 amide bonds. The highest BCUT2D eigenvalue weighted by molar-refractivity contribution is 7.13. The number of likely N-dealkylation sites (tertiary alicyclic amines) is 1. The molecule has 1 aromatic carbocycles. The lowest BCUT2D eigenvalue weighted by Gasteiger charge is -2.10. The van der Waals surface area contributed by atoms with Gasteiger partial charge in [0, 0.05) is 43.9 Å². The van der Waals surface area contributed by atoms with Crippen molar-refractivity contribution in [1.29, 1.82) is 0 Å². The normalized spacial score (nSPS) is 17.3. The average molecular weight is 343 g/mol. The molecule has 3 rings (SSSR count). The number of aromatic nitrogens is 1. The van der Waals surface area contributed by atoms with E-state index in [2.05, 4.69) is 41.5 Å². The molecule has 5 nitrogen and oxygen atoms in total. The van der Waals surface area contributed by atoms with Crippen molar-refractivity contribution in [3.8, 4) is 10.6 Å². The van der Waals surface area contributed by atoms with Crippen LogP contribution in [0.3, 0.4) is 0 Å². The van der Waals surface area contributed by atoms with Crippen LogP contribution in [0.1, 0.15) is 17.7 Å². The Morgan fingerprint density at radius 2 is 2.12 bits per heavy atom. The third kappa shape index (κ3) is 3.82. The molecule has 1 fully saturated rings. The van der Waals surface area contributed by atoms with Crippen LogP contribution >= 0.6 is 11.3 Å². The highest BCUT2D eigenvalue weighted by Crippen LogP contribution is 2.24. The summed E-state index contributed by atoms with van der Waals surface area (Å²) in [4.78, 5) is 29.8. The second kappa shape index (κ2) is 7.13. The Balaban J connectivity index is 1.50. The molecular weight excluding hydrogens is 322 g/mol. The predicted octanol–water partition coefficient (Wildman–Crippen LogP) is 2.26. The van der Waals surface area contributed by atoms with Crippen molar-refractivity contribution in [2.24, 2.45) is 5.92 Å². The Hall–Kier alpha value is -2.21. The standard InChI is InChI=1S/C18H21N3O2S/c1-12-3-5-13(6-4-12)18-20-15(11-24-18)7-8-19-17(23)14-9-16(22)21(2)10-14/h3-6,11,14H,7-10H2,1-2H3,(H,19,23)/t14-/m0/s1. The molecule has 1 atom stereocenters. The Morgan fingerprint density at radius 1 is 1.38 bits per heavy atom. The van der Waals surface area contributed by atoms with E-state index < -0.39 is 0 Å². The quantitative estimate of drug-likeness (QED) is 0.906. The van der Waals surface area contributed by atoms with Gasteiger partial charge in [-0.3, -0.25) is 9.59 Å². The van der Waals surface area contributed by atoms with E-state index in [4.69, 9.17) is 0 Å². The number of aryl methyl sites for hydroxylation is 1. The molecule has 0 unspecified atom stereocenters. The van der Waals surface area contributed by atoms with E-state index in [-0.39, 0.29) is 17.7 Å². The third-order valence-electron chi connectivity index (χ3n) is 4.24. The summed E-state index contributed by atoms with van der Waals surface area (Å²) in [6.07, 6.45) is 1.02. The molecule has 2 heterocycles. The van der Waals surface area contributed by atoms with Gasteiger partial charge in [-0.1, -0.05) is 29.8 Å². The number of nitrogens with zero attached hydrogens (tertiary/aromatic N) is 2. The van der Waals surface area contributed by atoms with E-state index in [0.29, 0.717) is 25.9 Å². The van der Waals surface area contributed by atoms with Gasteiger partial charge < -0.3 is 10.2 Å². The van der Waals surface area contributed by atoms with Gasteiger partial charge in [0.25, 0.3) is 0 Å². The molecule has 0 spiro atoms. The van der Waals surface area contributed by atoms with Crippen molar-refractivity contribution >= 4 is 23.2 Å². The number of rotatable bonds is 5. The number of hydrogen-bond donors (Lipinski definition) is 1. The third-order valence-corrected chi connectivity index (χ3v) is 5.18. The van der Waals surface area contributed by atoms with Crippen molar-refractivity contribution in [2.75, 3.05) is 20.1 Å².